The predicted octanol–water partition coefficient (Wildman–Crippen LogP) is 3.92. The molecule has 0 spiro atoms. The first kappa shape index (κ1) is 17.6. The number of aromatic nitrogens is 1. The molecule has 2 N–H and O–H groups in total. The predicted molar refractivity (Wildman–Crippen MR) is 101 cm³/mol. The molecule has 0 bridgehead atoms. The summed E-state index contributed by atoms with van der Waals surface area (Å²) in [6.07, 6.45) is 1.68. The molecule has 0 radical (unpaired) electrons. The van der Waals surface area contributed by atoms with Gasteiger partial charge in [0.05, 0.1) is 12.2 Å². The summed E-state index contributed by atoms with van der Waals surface area (Å²) in [7, 11) is 0. The van der Waals surface area contributed by atoms with E-state index in [2.05, 4.69) is 15.6 Å². The number of pyridine rings is 1. The molecule has 2 aromatic carbocycles. The number of hydrogen-bond acceptors (Lipinski definition) is 3. The third kappa shape index (κ3) is 4.68. The molecule has 5 nitrogen and oxygen atoms in total. The van der Waals surface area contributed by atoms with Crippen LogP contribution in [0.15, 0.2) is 72.9 Å². The molecule has 1 heterocycles. The molecule has 6 heteroatoms. The number of benzene rings is 2. The van der Waals surface area contributed by atoms with Gasteiger partial charge in [0, 0.05) is 28.0 Å². The van der Waals surface area contributed by atoms with Crippen molar-refractivity contribution in [2.75, 3.05) is 5.32 Å². The van der Waals surface area contributed by atoms with Crippen molar-refractivity contribution in [1.29, 1.82) is 0 Å². The Morgan fingerprint density at radius 2 is 1.62 bits per heavy atom. The van der Waals surface area contributed by atoms with Gasteiger partial charge in [0.15, 0.2) is 0 Å². The second kappa shape index (κ2) is 8.27. The molecule has 0 unspecified atom stereocenters. The van der Waals surface area contributed by atoms with Crippen molar-refractivity contribution in [2.24, 2.45) is 0 Å². The average molecular weight is 366 g/mol. The maximum Gasteiger partial charge on any atom is 0.255 e. The van der Waals surface area contributed by atoms with Crippen LogP contribution in [0.4, 0.5) is 5.69 Å². The van der Waals surface area contributed by atoms with Gasteiger partial charge in [0.2, 0.25) is 0 Å². The van der Waals surface area contributed by atoms with Crippen molar-refractivity contribution in [3.63, 3.8) is 0 Å². The molecule has 3 aromatic rings. The average Bonchev–Trinajstić information content (AvgIpc) is 2.67. The molecule has 26 heavy (non-hydrogen) atoms. The normalized spacial score (nSPS) is 10.2. The molecule has 130 valence electrons. The Bertz CT molecular complexity index is 912. The highest BCUT2D eigenvalue weighted by atomic mass is 35.5. The lowest BCUT2D eigenvalue weighted by Gasteiger charge is -2.07. The maximum absolute atomic E-state index is 12.3. The second-order valence-electron chi connectivity index (χ2n) is 5.55. The van der Waals surface area contributed by atoms with Crippen LogP contribution in [0.1, 0.15) is 26.4 Å². The van der Waals surface area contributed by atoms with Gasteiger partial charge < -0.3 is 10.6 Å². The number of halogens is 1. The summed E-state index contributed by atoms with van der Waals surface area (Å²) in [6, 6.07) is 18.9. The minimum absolute atomic E-state index is 0.225. The molecule has 3 rings (SSSR count). The molecule has 0 saturated carbocycles. The summed E-state index contributed by atoms with van der Waals surface area (Å²) in [6.45, 7) is 0.344. The number of anilines is 1. The fraction of sp³-hybridized carbons (Fsp3) is 0.0500. The zero-order valence-corrected chi connectivity index (χ0v) is 14.5. The molecule has 1 aromatic heterocycles. The van der Waals surface area contributed by atoms with Crippen LogP contribution in [0.3, 0.4) is 0 Å². The fourth-order valence-electron chi connectivity index (χ4n) is 2.32. The quantitative estimate of drug-likeness (QED) is 0.720. The summed E-state index contributed by atoms with van der Waals surface area (Å²) in [4.78, 5) is 28.6. The summed E-state index contributed by atoms with van der Waals surface area (Å²) in [5.41, 5.74) is 2.31. The lowest BCUT2D eigenvalue weighted by Crippen LogP contribution is -2.23. The Kier molecular flexibility index (Phi) is 5.61. The van der Waals surface area contributed by atoms with Crippen molar-refractivity contribution in [3.05, 3.63) is 94.8 Å². The van der Waals surface area contributed by atoms with Crippen LogP contribution >= 0.6 is 11.6 Å². The standard InChI is InChI=1S/C20H16ClN3O2/c21-16-4-3-6-17(12-16)24-20(26)15-9-7-14(8-10-15)19(25)23-13-18-5-1-2-11-22-18/h1-12H,13H2,(H,23,25)(H,24,26). The van der Waals surface area contributed by atoms with Gasteiger partial charge in [0.25, 0.3) is 11.8 Å². The summed E-state index contributed by atoms with van der Waals surface area (Å²) in [5.74, 6) is -0.495. The van der Waals surface area contributed by atoms with E-state index in [9.17, 15) is 9.59 Å². The number of hydrogen-bond donors (Lipinski definition) is 2. The van der Waals surface area contributed by atoms with Crippen molar-refractivity contribution in [2.45, 2.75) is 6.54 Å². The van der Waals surface area contributed by atoms with Crippen molar-refractivity contribution in [3.8, 4) is 0 Å². The minimum atomic E-state index is -0.271. The van der Waals surface area contributed by atoms with Crippen LogP contribution < -0.4 is 10.6 Å². The molecule has 0 aliphatic carbocycles. The van der Waals surface area contributed by atoms with Gasteiger partial charge in [-0.15, -0.1) is 0 Å². The molecule has 0 fully saturated rings. The van der Waals surface area contributed by atoms with E-state index >= 15 is 0 Å². The van der Waals surface area contributed by atoms with E-state index in [1.807, 2.05) is 18.2 Å². The SMILES string of the molecule is O=C(NCc1ccccn1)c1ccc(C(=O)Nc2cccc(Cl)c2)cc1. The number of carbonyl (C=O) groups is 2. The van der Waals surface area contributed by atoms with E-state index in [-0.39, 0.29) is 11.8 Å². The van der Waals surface area contributed by atoms with Crippen LogP contribution in [0, 0.1) is 0 Å². The molecule has 0 atom stereocenters. The van der Waals surface area contributed by atoms with E-state index in [0.717, 1.165) is 5.69 Å². The highest BCUT2D eigenvalue weighted by Gasteiger charge is 2.09. The van der Waals surface area contributed by atoms with Gasteiger partial charge >= 0.3 is 0 Å². The van der Waals surface area contributed by atoms with E-state index < -0.39 is 0 Å². The number of carbonyl (C=O) groups excluding carboxylic acids is 2. The van der Waals surface area contributed by atoms with Crippen molar-refractivity contribution >= 4 is 29.1 Å². The van der Waals surface area contributed by atoms with Gasteiger partial charge in [-0.1, -0.05) is 23.7 Å². The van der Waals surface area contributed by atoms with Crippen LogP contribution in [0.25, 0.3) is 0 Å². The molecule has 0 aliphatic heterocycles. The zero-order valence-electron chi connectivity index (χ0n) is 13.8. The van der Waals surface area contributed by atoms with Crippen LogP contribution in [0.2, 0.25) is 5.02 Å². The lowest BCUT2D eigenvalue weighted by atomic mass is 10.1. The number of nitrogens with zero attached hydrogens (tertiary/aromatic N) is 1. The molecular weight excluding hydrogens is 350 g/mol. The highest BCUT2D eigenvalue weighted by Crippen LogP contribution is 2.16. The second-order valence-corrected chi connectivity index (χ2v) is 5.98. The van der Waals surface area contributed by atoms with Crippen LogP contribution in [-0.4, -0.2) is 16.8 Å². The Labute approximate surface area is 156 Å². The van der Waals surface area contributed by atoms with Gasteiger partial charge in [-0.2, -0.15) is 0 Å². The highest BCUT2D eigenvalue weighted by molar-refractivity contribution is 6.31. The van der Waals surface area contributed by atoms with Crippen LogP contribution in [0.5, 0.6) is 0 Å². The van der Waals surface area contributed by atoms with E-state index in [1.54, 1.807) is 54.7 Å². The van der Waals surface area contributed by atoms with Gasteiger partial charge in [-0.25, -0.2) is 0 Å². The Morgan fingerprint density at radius 3 is 2.27 bits per heavy atom. The Balaban J connectivity index is 1.60. The topological polar surface area (TPSA) is 71.1 Å². The van der Waals surface area contributed by atoms with Gasteiger partial charge in [-0.05, 0) is 54.6 Å². The van der Waals surface area contributed by atoms with Crippen molar-refractivity contribution < 1.29 is 9.59 Å². The number of rotatable bonds is 5. The van der Waals surface area contributed by atoms with E-state index in [1.165, 1.54) is 0 Å². The largest absolute Gasteiger partial charge is 0.346 e. The fourth-order valence-corrected chi connectivity index (χ4v) is 2.51. The smallest absolute Gasteiger partial charge is 0.255 e. The first-order valence-corrected chi connectivity index (χ1v) is 8.35. The maximum atomic E-state index is 12.3. The zero-order chi connectivity index (χ0) is 18.4. The molecule has 2 amide bonds. The third-order valence-electron chi connectivity index (χ3n) is 3.65. The first-order chi connectivity index (χ1) is 12.6. The summed E-state index contributed by atoms with van der Waals surface area (Å²) in [5, 5.41) is 6.10. The lowest BCUT2D eigenvalue weighted by molar-refractivity contribution is 0.0948. The van der Waals surface area contributed by atoms with E-state index in [4.69, 9.17) is 11.6 Å². The van der Waals surface area contributed by atoms with Gasteiger partial charge in [0.1, 0.15) is 0 Å². The van der Waals surface area contributed by atoms with E-state index in [0.29, 0.717) is 28.4 Å². The number of nitrogens with one attached hydrogen (secondary N) is 2. The van der Waals surface area contributed by atoms with Crippen molar-refractivity contribution in [1.82, 2.24) is 10.3 Å². The molecular formula is C20H16ClN3O2. The molecule has 0 aliphatic rings. The third-order valence-corrected chi connectivity index (χ3v) is 3.88. The molecule has 0 saturated heterocycles. The Hall–Kier alpha value is -3.18. The summed E-state index contributed by atoms with van der Waals surface area (Å²) >= 11 is 5.90. The number of amides is 2. The van der Waals surface area contributed by atoms with Crippen LogP contribution in [-0.2, 0) is 6.54 Å². The summed E-state index contributed by atoms with van der Waals surface area (Å²) < 4.78 is 0. The monoisotopic (exact) mass is 365 g/mol. The van der Waals surface area contributed by atoms with Gasteiger partial charge in [-0.3, -0.25) is 14.6 Å². The Morgan fingerprint density at radius 1 is 0.885 bits per heavy atom. The first-order valence-electron chi connectivity index (χ1n) is 7.97. The minimum Gasteiger partial charge on any atom is -0.346 e.